The Kier molecular flexibility index (Phi) is 6.45. The van der Waals surface area contributed by atoms with Gasteiger partial charge in [0.15, 0.2) is 5.65 Å². The van der Waals surface area contributed by atoms with E-state index in [9.17, 15) is 9.59 Å². The van der Waals surface area contributed by atoms with Crippen LogP contribution < -0.4 is 5.73 Å². The van der Waals surface area contributed by atoms with Gasteiger partial charge >= 0.3 is 6.03 Å². The first kappa shape index (κ1) is 20.1. The second-order valence-corrected chi connectivity index (χ2v) is 7.11. The van der Waals surface area contributed by atoms with E-state index in [2.05, 4.69) is 16.5 Å². The number of hydrogen-bond donors (Lipinski definition) is 1. The van der Waals surface area contributed by atoms with Crippen molar-refractivity contribution >= 4 is 23.1 Å². The van der Waals surface area contributed by atoms with Gasteiger partial charge < -0.3 is 24.8 Å². The van der Waals surface area contributed by atoms with Crippen LogP contribution in [-0.4, -0.2) is 76.2 Å². The standard InChI is InChI=1S/C19H28N6O3/c1-14(13-28-2)25-16(22-15-5-4-8-21-18(15)25)6-3-7-17(26)23-9-11-24(12-10-23)19(20)27/h4-5,8,14H,3,6-7,9-13H2,1-2H3,(H2,20,27)/t14-/m1/s1. The SMILES string of the molecule is COC[C@@H](C)n1c(CCCC(=O)N2CCN(C(N)=O)CC2)nc2cccnc21. The van der Waals surface area contributed by atoms with Crippen molar-refractivity contribution in [2.45, 2.75) is 32.2 Å². The molecule has 3 heterocycles. The molecule has 1 aliphatic rings. The number of urea groups is 1. The highest BCUT2D eigenvalue weighted by Crippen LogP contribution is 2.21. The van der Waals surface area contributed by atoms with Crippen molar-refractivity contribution in [1.29, 1.82) is 0 Å². The van der Waals surface area contributed by atoms with E-state index in [1.807, 2.05) is 12.1 Å². The summed E-state index contributed by atoms with van der Waals surface area (Å²) in [5.41, 5.74) is 6.98. The fourth-order valence-electron chi connectivity index (χ4n) is 3.66. The van der Waals surface area contributed by atoms with E-state index < -0.39 is 6.03 Å². The zero-order valence-corrected chi connectivity index (χ0v) is 16.5. The molecule has 2 aromatic heterocycles. The topological polar surface area (TPSA) is 107 Å². The third-order valence-electron chi connectivity index (χ3n) is 5.11. The number of methoxy groups -OCH3 is 1. The van der Waals surface area contributed by atoms with Crippen molar-refractivity contribution < 1.29 is 14.3 Å². The quantitative estimate of drug-likeness (QED) is 0.767. The molecule has 152 valence electrons. The predicted molar refractivity (Wildman–Crippen MR) is 105 cm³/mol. The molecular formula is C19H28N6O3. The maximum atomic E-state index is 12.5. The number of aromatic nitrogens is 3. The fraction of sp³-hybridized carbons (Fsp3) is 0.579. The lowest BCUT2D eigenvalue weighted by Crippen LogP contribution is -2.52. The summed E-state index contributed by atoms with van der Waals surface area (Å²) in [4.78, 5) is 36.2. The molecule has 2 N–H and O–H groups in total. The highest BCUT2D eigenvalue weighted by atomic mass is 16.5. The minimum absolute atomic E-state index is 0.106. The first-order valence-corrected chi connectivity index (χ1v) is 9.64. The third-order valence-corrected chi connectivity index (χ3v) is 5.11. The number of primary amides is 1. The van der Waals surface area contributed by atoms with Gasteiger partial charge in [-0.15, -0.1) is 0 Å². The molecule has 1 aliphatic heterocycles. The molecular weight excluding hydrogens is 360 g/mol. The van der Waals surface area contributed by atoms with Crippen LogP contribution in [0.25, 0.3) is 11.2 Å². The molecule has 0 bridgehead atoms. The van der Waals surface area contributed by atoms with Crippen molar-refractivity contribution in [3.05, 3.63) is 24.2 Å². The Bertz CT molecular complexity index is 828. The van der Waals surface area contributed by atoms with Crippen LogP contribution in [0, 0.1) is 0 Å². The molecule has 1 fully saturated rings. The van der Waals surface area contributed by atoms with E-state index in [0.717, 1.165) is 17.0 Å². The number of nitrogens with two attached hydrogens (primary N) is 1. The summed E-state index contributed by atoms with van der Waals surface area (Å²) in [5, 5.41) is 0. The number of carbonyl (C=O) groups excluding carboxylic acids is 2. The Hall–Kier alpha value is -2.68. The van der Waals surface area contributed by atoms with Crippen molar-refractivity contribution in [1.82, 2.24) is 24.3 Å². The van der Waals surface area contributed by atoms with E-state index in [4.69, 9.17) is 15.5 Å². The van der Waals surface area contributed by atoms with Crippen LogP contribution in [-0.2, 0) is 16.0 Å². The summed E-state index contributed by atoms with van der Waals surface area (Å²) in [6, 6.07) is 3.51. The highest BCUT2D eigenvalue weighted by Gasteiger charge is 2.23. The van der Waals surface area contributed by atoms with Gasteiger partial charge in [-0.2, -0.15) is 0 Å². The second kappa shape index (κ2) is 9.01. The van der Waals surface area contributed by atoms with Crippen LogP contribution >= 0.6 is 0 Å². The van der Waals surface area contributed by atoms with Crippen LogP contribution in [0.5, 0.6) is 0 Å². The van der Waals surface area contributed by atoms with Crippen LogP contribution in [0.1, 0.15) is 31.6 Å². The number of ether oxygens (including phenoxy) is 1. The number of fused-ring (bicyclic) bond motifs is 1. The number of amides is 3. The van der Waals surface area contributed by atoms with Gasteiger partial charge in [-0.1, -0.05) is 0 Å². The summed E-state index contributed by atoms with van der Waals surface area (Å²) in [6.45, 7) is 4.71. The van der Waals surface area contributed by atoms with Gasteiger partial charge in [-0.05, 0) is 25.5 Å². The van der Waals surface area contributed by atoms with Gasteiger partial charge in [0.25, 0.3) is 0 Å². The van der Waals surface area contributed by atoms with Crippen LogP contribution in [0.3, 0.4) is 0 Å². The molecule has 3 amide bonds. The van der Waals surface area contributed by atoms with E-state index >= 15 is 0 Å². The molecule has 0 spiro atoms. The molecule has 1 saturated heterocycles. The Balaban J connectivity index is 1.60. The first-order chi connectivity index (χ1) is 13.5. The number of aryl methyl sites for hydroxylation is 1. The number of carbonyl (C=O) groups is 2. The maximum Gasteiger partial charge on any atom is 0.314 e. The molecule has 0 aromatic carbocycles. The van der Waals surface area contributed by atoms with Crippen molar-refractivity contribution in [3.63, 3.8) is 0 Å². The van der Waals surface area contributed by atoms with Gasteiger partial charge in [-0.3, -0.25) is 4.79 Å². The summed E-state index contributed by atoms with van der Waals surface area (Å²) >= 11 is 0. The fourth-order valence-corrected chi connectivity index (χ4v) is 3.66. The molecule has 1 atom stereocenters. The molecule has 0 radical (unpaired) electrons. The number of rotatable bonds is 7. The molecule has 0 aliphatic carbocycles. The van der Waals surface area contributed by atoms with Gasteiger partial charge in [0.2, 0.25) is 5.91 Å². The van der Waals surface area contributed by atoms with E-state index in [0.29, 0.717) is 52.0 Å². The number of pyridine rings is 1. The third kappa shape index (κ3) is 4.41. The molecule has 2 aromatic rings. The predicted octanol–water partition coefficient (Wildman–Crippen LogP) is 1.18. The maximum absolute atomic E-state index is 12.5. The Morgan fingerprint density at radius 3 is 2.64 bits per heavy atom. The van der Waals surface area contributed by atoms with Gasteiger partial charge in [0.1, 0.15) is 11.3 Å². The van der Waals surface area contributed by atoms with Gasteiger partial charge in [0, 0.05) is 52.3 Å². The lowest BCUT2D eigenvalue weighted by molar-refractivity contribution is -0.132. The summed E-state index contributed by atoms with van der Waals surface area (Å²) in [5.74, 6) is 1.03. The molecule has 28 heavy (non-hydrogen) atoms. The van der Waals surface area contributed by atoms with Crippen LogP contribution in [0.2, 0.25) is 0 Å². The lowest BCUT2D eigenvalue weighted by Gasteiger charge is -2.33. The van der Waals surface area contributed by atoms with Gasteiger partial charge in [-0.25, -0.2) is 14.8 Å². The first-order valence-electron chi connectivity index (χ1n) is 9.64. The van der Waals surface area contributed by atoms with E-state index in [1.165, 1.54) is 0 Å². The summed E-state index contributed by atoms with van der Waals surface area (Å²) in [7, 11) is 1.68. The smallest absolute Gasteiger partial charge is 0.314 e. The number of imidazole rings is 1. The number of hydrogen-bond acceptors (Lipinski definition) is 5. The molecule has 0 saturated carbocycles. The number of nitrogens with zero attached hydrogens (tertiary/aromatic N) is 5. The minimum atomic E-state index is -0.426. The minimum Gasteiger partial charge on any atom is -0.383 e. The molecule has 9 heteroatoms. The van der Waals surface area contributed by atoms with Gasteiger partial charge in [0.05, 0.1) is 12.6 Å². The Morgan fingerprint density at radius 2 is 1.96 bits per heavy atom. The average Bonchev–Trinajstić information content (AvgIpc) is 3.06. The second-order valence-electron chi connectivity index (χ2n) is 7.11. The summed E-state index contributed by atoms with van der Waals surface area (Å²) in [6.07, 6.45) is 3.61. The molecule has 3 rings (SSSR count). The van der Waals surface area contributed by atoms with E-state index in [1.54, 1.807) is 23.1 Å². The zero-order valence-electron chi connectivity index (χ0n) is 16.5. The molecule has 9 nitrogen and oxygen atoms in total. The number of piperazine rings is 1. The monoisotopic (exact) mass is 388 g/mol. The Labute approximate surface area is 164 Å². The van der Waals surface area contributed by atoms with Crippen molar-refractivity contribution in [2.75, 3.05) is 39.9 Å². The highest BCUT2D eigenvalue weighted by molar-refractivity contribution is 5.77. The molecule has 0 unspecified atom stereocenters. The van der Waals surface area contributed by atoms with Crippen LogP contribution in [0.4, 0.5) is 4.79 Å². The Morgan fingerprint density at radius 1 is 1.25 bits per heavy atom. The average molecular weight is 388 g/mol. The van der Waals surface area contributed by atoms with Crippen molar-refractivity contribution in [2.24, 2.45) is 5.73 Å². The largest absolute Gasteiger partial charge is 0.383 e. The van der Waals surface area contributed by atoms with E-state index in [-0.39, 0.29) is 11.9 Å². The lowest BCUT2D eigenvalue weighted by atomic mass is 10.2. The van der Waals surface area contributed by atoms with Crippen LogP contribution in [0.15, 0.2) is 18.3 Å². The summed E-state index contributed by atoms with van der Waals surface area (Å²) < 4.78 is 7.41. The normalized spacial score (nSPS) is 15.8. The zero-order chi connectivity index (χ0) is 20.1. The van der Waals surface area contributed by atoms with Crippen molar-refractivity contribution in [3.8, 4) is 0 Å².